The van der Waals surface area contributed by atoms with Crippen LogP contribution in [0, 0.1) is 0 Å². The highest BCUT2D eigenvalue weighted by Gasteiger charge is 2.18. The van der Waals surface area contributed by atoms with Crippen LogP contribution in [0.4, 0.5) is 0 Å². The molecule has 4 aromatic rings. The number of benzene rings is 2. The molecule has 0 aliphatic rings. The number of pyridine rings is 1. The van der Waals surface area contributed by atoms with Crippen molar-refractivity contribution in [2.24, 2.45) is 0 Å². The van der Waals surface area contributed by atoms with Crippen molar-refractivity contribution < 1.29 is 9.84 Å². The van der Waals surface area contributed by atoms with Crippen LogP contribution in [0.15, 0.2) is 85.5 Å². The van der Waals surface area contributed by atoms with E-state index in [0.717, 1.165) is 33.8 Å². The second-order valence-electron chi connectivity index (χ2n) is 6.49. The summed E-state index contributed by atoms with van der Waals surface area (Å²) in [5, 5.41) is 10.7. The molecule has 140 valence electrons. The van der Waals surface area contributed by atoms with Gasteiger partial charge in [-0.1, -0.05) is 48.5 Å². The van der Waals surface area contributed by atoms with Crippen LogP contribution in [0.5, 0.6) is 5.75 Å². The molecule has 2 heterocycles. The quantitative estimate of drug-likeness (QED) is 0.547. The Kier molecular flexibility index (Phi) is 5.17. The Morgan fingerprint density at radius 3 is 2.57 bits per heavy atom. The molecule has 2 aromatic carbocycles. The van der Waals surface area contributed by atoms with E-state index < -0.39 is 6.10 Å². The Bertz CT molecular complexity index is 1050. The molecule has 0 fully saturated rings. The second-order valence-corrected chi connectivity index (χ2v) is 6.49. The van der Waals surface area contributed by atoms with E-state index in [1.54, 1.807) is 25.8 Å². The van der Waals surface area contributed by atoms with E-state index in [1.165, 1.54) is 0 Å². The number of aliphatic hydroxyl groups is 1. The molecule has 0 amide bonds. The second kappa shape index (κ2) is 8.06. The van der Waals surface area contributed by atoms with Gasteiger partial charge in [-0.3, -0.25) is 4.98 Å². The van der Waals surface area contributed by atoms with Gasteiger partial charge >= 0.3 is 0 Å². The molecular weight excluding hydrogens is 350 g/mol. The predicted molar refractivity (Wildman–Crippen MR) is 109 cm³/mol. The van der Waals surface area contributed by atoms with Crippen LogP contribution in [0.2, 0.25) is 0 Å². The number of rotatable bonds is 6. The number of ether oxygens (including phenoxy) is 1. The third-order valence-corrected chi connectivity index (χ3v) is 4.67. The van der Waals surface area contributed by atoms with Crippen LogP contribution >= 0.6 is 0 Å². The summed E-state index contributed by atoms with van der Waals surface area (Å²) in [5.41, 5.74) is 4.58. The van der Waals surface area contributed by atoms with E-state index in [1.807, 2.05) is 71.3 Å². The average molecular weight is 371 g/mol. The summed E-state index contributed by atoms with van der Waals surface area (Å²) in [6.45, 7) is 0.373. The monoisotopic (exact) mass is 371 g/mol. The van der Waals surface area contributed by atoms with E-state index in [-0.39, 0.29) is 0 Å². The van der Waals surface area contributed by atoms with E-state index in [2.05, 4.69) is 9.97 Å². The first-order valence-electron chi connectivity index (χ1n) is 9.09. The molecule has 0 bridgehead atoms. The van der Waals surface area contributed by atoms with Gasteiger partial charge in [-0.2, -0.15) is 0 Å². The summed E-state index contributed by atoms with van der Waals surface area (Å²) in [4.78, 5) is 8.76. The van der Waals surface area contributed by atoms with Gasteiger partial charge in [0.1, 0.15) is 5.75 Å². The minimum absolute atomic E-state index is 0.373. The predicted octanol–water partition coefficient (Wildman–Crippen LogP) is 4.35. The van der Waals surface area contributed by atoms with Crippen molar-refractivity contribution in [1.29, 1.82) is 0 Å². The van der Waals surface area contributed by atoms with Gasteiger partial charge in [0.15, 0.2) is 0 Å². The number of methoxy groups -OCH3 is 1. The fourth-order valence-electron chi connectivity index (χ4n) is 3.27. The van der Waals surface area contributed by atoms with Gasteiger partial charge in [-0.25, -0.2) is 4.98 Å². The fourth-order valence-corrected chi connectivity index (χ4v) is 3.27. The first-order valence-corrected chi connectivity index (χ1v) is 9.09. The lowest BCUT2D eigenvalue weighted by molar-refractivity contribution is 0.156. The molecule has 4 rings (SSSR count). The number of hydrogen-bond donors (Lipinski definition) is 1. The molecule has 2 aromatic heterocycles. The molecule has 5 nitrogen and oxygen atoms in total. The van der Waals surface area contributed by atoms with Crippen molar-refractivity contribution in [3.63, 3.8) is 0 Å². The molecule has 0 saturated carbocycles. The van der Waals surface area contributed by atoms with Crippen molar-refractivity contribution in [2.75, 3.05) is 7.11 Å². The normalized spacial score (nSPS) is 11.9. The molecule has 5 heteroatoms. The minimum Gasteiger partial charge on any atom is -0.497 e. The summed E-state index contributed by atoms with van der Waals surface area (Å²) in [5.74, 6) is 0.775. The SMILES string of the molecule is COc1cccc(-c2c(-c3ccccc3)ncn2C[C@@H](O)c2cccnc2)c1. The summed E-state index contributed by atoms with van der Waals surface area (Å²) in [6.07, 6.45) is 4.47. The first-order chi connectivity index (χ1) is 13.8. The van der Waals surface area contributed by atoms with E-state index in [4.69, 9.17) is 4.74 Å². The maximum absolute atomic E-state index is 10.7. The summed E-state index contributed by atoms with van der Waals surface area (Å²) in [6, 6.07) is 21.6. The van der Waals surface area contributed by atoms with Crippen LogP contribution in [-0.2, 0) is 6.54 Å². The highest BCUT2D eigenvalue weighted by Crippen LogP contribution is 2.33. The van der Waals surface area contributed by atoms with Crippen LogP contribution in [0.25, 0.3) is 22.5 Å². The summed E-state index contributed by atoms with van der Waals surface area (Å²) >= 11 is 0. The lowest BCUT2D eigenvalue weighted by atomic mass is 10.0. The Labute approximate surface area is 163 Å². The lowest BCUT2D eigenvalue weighted by Crippen LogP contribution is -2.09. The van der Waals surface area contributed by atoms with Crippen molar-refractivity contribution in [1.82, 2.24) is 14.5 Å². The molecule has 0 unspecified atom stereocenters. The van der Waals surface area contributed by atoms with Gasteiger partial charge in [0.2, 0.25) is 0 Å². The van der Waals surface area contributed by atoms with Crippen LogP contribution < -0.4 is 4.74 Å². The molecule has 1 atom stereocenters. The number of hydrogen-bond acceptors (Lipinski definition) is 4. The number of imidazole rings is 1. The molecule has 0 aliphatic heterocycles. The van der Waals surface area contributed by atoms with Crippen molar-refractivity contribution in [3.8, 4) is 28.3 Å². The molecule has 28 heavy (non-hydrogen) atoms. The van der Waals surface area contributed by atoms with Crippen LogP contribution in [-0.4, -0.2) is 26.8 Å². The van der Waals surface area contributed by atoms with Crippen LogP contribution in [0.3, 0.4) is 0 Å². The maximum atomic E-state index is 10.7. The highest BCUT2D eigenvalue weighted by atomic mass is 16.5. The zero-order valence-electron chi connectivity index (χ0n) is 15.6. The third-order valence-electron chi connectivity index (χ3n) is 4.67. The molecule has 0 aliphatic carbocycles. The molecule has 0 radical (unpaired) electrons. The molecule has 0 spiro atoms. The van der Waals surface area contributed by atoms with Crippen molar-refractivity contribution in [3.05, 3.63) is 91.0 Å². The van der Waals surface area contributed by atoms with Gasteiger partial charge in [0, 0.05) is 29.1 Å². The van der Waals surface area contributed by atoms with Gasteiger partial charge in [0.25, 0.3) is 0 Å². The van der Waals surface area contributed by atoms with Crippen molar-refractivity contribution >= 4 is 0 Å². The maximum Gasteiger partial charge on any atom is 0.119 e. The van der Waals surface area contributed by atoms with Crippen molar-refractivity contribution in [2.45, 2.75) is 12.6 Å². The van der Waals surface area contributed by atoms with Gasteiger partial charge in [0.05, 0.1) is 37.5 Å². The van der Waals surface area contributed by atoms with Gasteiger partial charge in [-0.15, -0.1) is 0 Å². The van der Waals surface area contributed by atoms with Gasteiger partial charge < -0.3 is 14.4 Å². The first kappa shape index (κ1) is 17.9. The number of aromatic nitrogens is 3. The Morgan fingerprint density at radius 1 is 1.00 bits per heavy atom. The number of nitrogens with zero attached hydrogens (tertiary/aromatic N) is 3. The zero-order chi connectivity index (χ0) is 19.3. The lowest BCUT2D eigenvalue weighted by Gasteiger charge is -2.15. The van der Waals surface area contributed by atoms with E-state index in [0.29, 0.717) is 6.54 Å². The zero-order valence-corrected chi connectivity index (χ0v) is 15.6. The Balaban J connectivity index is 1.79. The summed E-state index contributed by atoms with van der Waals surface area (Å²) < 4.78 is 7.38. The molecular formula is C23H21N3O2. The number of aliphatic hydroxyl groups excluding tert-OH is 1. The van der Waals surface area contributed by atoms with E-state index >= 15 is 0 Å². The van der Waals surface area contributed by atoms with Gasteiger partial charge in [-0.05, 0) is 18.2 Å². The Hall–Kier alpha value is -3.44. The molecule has 0 saturated heterocycles. The Morgan fingerprint density at radius 2 is 1.82 bits per heavy atom. The third kappa shape index (κ3) is 3.66. The average Bonchev–Trinajstić information content (AvgIpc) is 3.18. The smallest absolute Gasteiger partial charge is 0.119 e. The van der Waals surface area contributed by atoms with E-state index in [9.17, 15) is 5.11 Å². The van der Waals surface area contributed by atoms with Crippen LogP contribution in [0.1, 0.15) is 11.7 Å². The summed E-state index contributed by atoms with van der Waals surface area (Å²) in [7, 11) is 1.65. The largest absolute Gasteiger partial charge is 0.497 e. The highest BCUT2D eigenvalue weighted by molar-refractivity contribution is 5.79. The minimum atomic E-state index is -0.684. The fraction of sp³-hybridized carbons (Fsp3) is 0.130. The standard InChI is InChI=1S/C23H21N3O2/c1-28-20-11-5-9-18(13-20)23-22(17-7-3-2-4-8-17)25-16-26(23)15-21(27)19-10-6-12-24-14-19/h2-14,16,21,27H,15H2,1H3/t21-/m1/s1. The molecule has 1 N–H and O–H groups in total. The topological polar surface area (TPSA) is 60.2 Å².